The van der Waals surface area contributed by atoms with E-state index in [0.29, 0.717) is 22.5 Å². The number of ether oxygens (including phenoxy) is 3. The standard InChI is InChI=1S/C23H31N3O6/c1-13-20(26-22(2,3)4)25-18-14(10-9-11-16(18)24-13)17(27)12-15(21(29)30-6)19(28)23(5,31-7)32-8/h9-11,15H,12H2,1-8H3,(H,25,26). The summed E-state index contributed by atoms with van der Waals surface area (Å²) in [5.74, 6) is -4.55. The fraction of sp³-hybridized carbons (Fsp3) is 0.522. The fourth-order valence-electron chi connectivity index (χ4n) is 3.19. The van der Waals surface area contributed by atoms with Gasteiger partial charge >= 0.3 is 5.97 Å². The van der Waals surface area contributed by atoms with E-state index in [1.54, 1.807) is 18.2 Å². The molecule has 1 atom stereocenters. The van der Waals surface area contributed by atoms with Crippen LogP contribution in [0, 0.1) is 12.8 Å². The van der Waals surface area contributed by atoms with Crippen molar-refractivity contribution in [2.45, 2.75) is 52.4 Å². The van der Waals surface area contributed by atoms with Crippen LogP contribution in [-0.2, 0) is 23.8 Å². The van der Waals surface area contributed by atoms with Gasteiger partial charge in [-0.3, -0.25) is 14.4 Å². The van der Waals surface area contributed by atoms with Crippen molar-refractivity contribution in [2.75, 3.05) is 26.6 Å². The average Bonchev–Trinajstić information content (AvgIpc) is 2.74. The number of ketones is 2. The maximum absolute atomic E-state index is 13.2. The lowest BCUT2D eigenvalue weighted by molar-refractivity contribution is -0.204. The highest BCUT2D eigenvalue weighted by Gasteiger charge is 2.43. The highest BCUT2D eigenvalue weighted by Crippen LogP contribution is 2.26. The SMILES string of the molecule is COC(=O)C(CC(=O)c1cccc2nc(C)c(NC(C)(C)C)nc12)C(=O)C(C)(OC)OC. The second-order valence-electron chi connectivity index (χ2n) is 8.63. The van der Waals surface area contributed by atoms with Gasteiger partial charge in [-0.15, -0.1) is 0 Å². The minimum Gasteiger partial charge on any atom is -0.468 e. The Morgan fingerprint density at radius 3 is 2.19 bits per heavy atom. The van der Waals surface area contributed by atoms with Gasteiger partial charge in [0, 0.05) is 31.7 Å². The normalized spacial score (nSPS) is 13.0. The number of benzene rings is 1. The van der Waals surface area contributed by atoms with Crippen LogP contribution in [-0.4, -0.2) is 60.2 Å². The number of fused-ring (bicyclic) bond motifs is 1. The van der Waals surface area contributed by atoms with Gasteiger partial charge in [0.05, 0.1) is 18.3 Å². The molecule has 32 heavy (non-hydrogen) atoms. The Morgan fingerprint density at radius 2 is 1.66 bits per heavy atom. The van der Waals surface area contributed by atoms with Crippen molar-refractivity contribution in [1.82, 2.24) is 9.97 Å². The number of aryl methyl sites for hydroxylation is 1. The Hall–Kier alpha value is -2.91. The zero-order chi connectivity index (χ0) is 24.3. The zero-order valence-electron chi connectivity index (χ0n) is 19.9. The van der Waals surface area contributed by atoms with E-state index >= 15 is 0 Å². The first-order valence-electron chi connectivity index (χ1n) is 10.2. The number of para-hydroxylation sites is 1. The van der Waals surface area contributed by atoms with Crippen LogP contribution in [0.4, 0.5) is 5.82 Å². The third-order valence-electron chi connectivity index (χ3n) is 5.08. The van der Waals surface area contributed by atoms with Crippen LogP contribution < -0.4 is 5.32 Å². The Morgan fingerprint density at radius 1 is 1.03 bits per heavy atom. The molecule has 0 aliphatic rings. The second kappa shape index (κ2) is 9.70. The average molecular weight is 446 g/mol. The van der Waals surface area contributed by atoms with Crippen LogP contribution in [0.15, 0.2) is 18.2 Å². The third-order valence-corrected chi connectivity index (χ3v) is 5.08. The molecule has 1 unspecified atom stereocenters. The second-order valence-corrected chi connectivity index (χ2v) is 8.63. The number of nitrogens with zero attached hydrogens (tertiary/aromatic N) is 2. The van der Waals surface area contributed by atoms with Crippen molar-refractivity contribution < 1.29 is 28.6 Å². The number of hydrogen-bond donors (Lipinski definition) is 1. The first-order valence-corrected chi connectivity index (χ1v) is 10.2. The van der Waals surface area contributed by atoms with Gasteiger partial charge in [0.15, 0.2) is 5.78 Å². The van der Waals surface area contributed by atoms with Crippen LogP contribution >= 0.6 is 0 Å². The smallest absolute Gasteiger partial charge is 0.316 e. The van der Waals surface area contributed by atoms with Gasteiger partial charge in [0.1, 0.15) is 17.3 Å². The molecule has 0 saturated carbocycles. The molecule has 1 heterocycles. The predicted octanol–water partition coefficient (Wildman–Crippen LogP) is 3.09. The molecule has 1 aromatic heterocycles. The molecule has 9 nitrogen and oxygen atoms in total. The summed E-state index contributed by atoms with van der Waals surface area (Å²) in [4.78, 5) is 47.8. The molecule has 0 saturated heterocycles. The third kappa shape index (κ3) is 5.46. The molecule has 1 N–H and O–H groups in total. The summed E-state index contributed by atoms with van der Waals surface area (Å²) in [5.41, 5.74) is 1.60. The number of anilines is 1. The van der Waals surface area contributed by atoms with Crippen LogP contribution in [0.1, 0.15) is 50.2 Å². The summed E-state index contributed by atoms with van der Waals surface area (Å²) in [6.07, 6.45) is -0.426. The van der Waals surface area contributed by atoms with E-state index in [1.807, 2.05) is 27.7 Å². The molecular formula is C23H31N3O6. The first-order chi connectivity index (χ1) is 14.9. The summed E-state index contributed by atoms with van der Waals surface area (Å²) >= 11 is 0. The molecule has 0 aliphatic carbocycles. The number of Topliss-reactive ketones (excluding diaryl/α,β-unsaturated/α-hetero) is 2. The van der Waals surface area contributed by atoms with Gasteiger partial charge in [-0.2, -0.15) is 0 Å². The minimum atomic E-state index is -1.70. The number of carbonyl (C=O) groups excluding carboxylic acids is 3. The Kier molecular flexibility index (Phi) is 7.69. The highest BCUT2D eigenvalue weighted by molar-refractivity contribution is 6.11. The molecule has 1 aromatic carbocycles. The van der Waals surface area contributed by atoms with Crippen molar-refractivity contribution in [1.29, 1.82) is 0 Å². The van der Waals surface area contributed by atoms with E-state index in [2.05, 4.69) is 15.3 Å². The minimum absolute atomic E-state index is 0.255. The molecule has 0 spiro atoms. The molecule has 0 amide bonds. The Balaban J connectivity index is 2.50. The van der Waals surface area contributed by atoms with Crippen LogP contribution in [0.25, 0.3) is 11.0 Å². The van der Waals surface area contributed by atoms with Crippen molar-refractivity contribution in [2.24, 2.45) is 5.92 Å². The number of nitrogens with one attached hydrogen (secondary N) is 1. The lowest BCUT2D eigenvalue weighted by Gasteiger charge is -2.27. The summed E-state index contributed by atoms with van der Waals surface area (Å²) < 4.78 is 15.0. The highest BCUT2D eigenvalue weighted by atomic mass is 16.7. The number of hydrogen-bond acceptors (Lipinski definition) is 9. The van der Waals surface area contributed by atoms with Gasteiger partial charge in [-0.25, -0.2) is 9.97 Å². The van der Waals surface area contributed by atoms with E-state index < -0.39 is 35.7 Å². The zero-order valence-corrected chi connectivity index (χ0v) is 19.9. The Labute approximate surface area is 187 Å². The van der Waals surface area contributed by atoms with Gasteiger partial charge in [0.25, 0.3) is 0 Å². The number of aromatic nitrogens is 2. The molecular weight excluding hydrogens is 414 g/mol. The fourth-order valence-corrected chi connectivity index (χ4v) is 3.19. The number of rotatable bonds is 9. The van der Waals surface area contributed by atoms with Crippen LogP contribution in [0.3, 0.4) is 0 Å². The lowest BCUT2D eigenvalue weighted by atomic mass is 9.90. The summed E-state index contributed by atoms with van der Waals surface area (Å²) in [6.45, 7) is 9.18. The van der Waals surface area contributed by atoms with Crippen molar-refractivity contribution >= 4 is 34.4 Å². The lowest BCUT2D eigenvalue weighted by Crippen LogP contribution is -2.46. The summed E-state index contributed by atoms with van der Waals surface area (Å²) in [7, 11) is 3.72. The van der Waals surface area contributed by atoms with Crippen molar-refractivity contribution in [3.05, 3.63) is 29.5 Å². The van der Waals surface area contributed by atoms with Gasteiger partial charge in [0.2, 0.25) is 11.6 Å². The number of esters is 1. The first kappa shape index (κ1) is 25.4. The largest absolute Gasteiger partial charge is 0.468 e. The van der Waals surface area contributed by atoms with E-state index in [1.165, 1.54) is 21.1 Å². The van der Waals surface area contributed by atoms with Gasteiger partial charge < -0.3 is 19.5 Å². The number of carbonyl (C=O) groups is 3. The summed E-state index contributed by atoms with van der Waals surface area (Å²) in [6, 6.07) is 5.03. The van der Waals surface area contributed by atoms with Gasteiger partial charge in [-0.05, 0) is 46.8 Å². The van der Waals surface area contributed by atoms with Crippen LogP contribution in [0.5, 0.6) is 0 Å². The summed E-state index contributed by atoms with van der Waals surface area (Å²) in [5, 5.41) is 3.28. The van der Waals surface area contributed by atoms with Gasteiger partial charge in [-0.1, -0.05) is 6.07 Å². The predicted molar refractivity (Wildman–Crippen MR) is 120 cm³/mol. The molecule has 2 aromatic rings. The molecule has 2 rings (SSSR count). The Bertz CT molecular complexity index is 1020. The molecule has 0 aliphatic heterocycles. The van der Waals surface area contributed by atoms with Crippen molar-refractivity contribution in [3.8, 4) is 0 Å². The topological polar surface area (TPSA) is 117 Å². The maximum atomic E-state index is 13.2. The van der Waals surface area contributed by atoms with E-state index in [4.69, 9.17) is 14.2 Å². The van der Waals surface area contributed by atoms with Crippen molar-refractivity contribution in [3.63, 3.8) is 0 Å². The molecule has 9 heteroatoms. The maximum Gasteiger partial charge on any atom is 0.316 e. The monoisotopic (exact) mass is 445 g/mol. The molecule has 0 fully saturated rings. The molecule has 174 valence electrons. The van der Waals surface area contributed by atoms with E-state index in [0.717, 1.165) is 7.11 Å². The van der Waals surface area contributed by atoms with Crippen LogP contribution in [0.2, 0.25) is 0 Å². The number of methoxy groups -OCH3 is 3. The van der Waals surface area contributed by atoms with E-state index in [-0.39, 0.29) is 11.1 Å². The quantitative estimate of drug-likeness (QED) is 0.269. The van der Waals surface area contributed by atoms with E-state index in [9.17, 15) is 14.4 Å². The molecule has 0 radical (unpaired) electrons. The molecule has 0 bridgehead atoms.